The molecule has 6 rings (SSSR count). The number of nitrogens with one attached hydrogen (secondary N) is 1. The lowest BCUT2D eigenvalue weighted by Crippen LogP contribution is -2.36. The number of ether oxygens (including phenoxy) is 2. The SMILES string of the molecule is O=C(NC1CC1)c1ccc(-c2nnc3c(N(CC4CCOCC4)C(=O)O)cc(OC4CCCC4)nn23)cc1. The highest BCUT2D eigenvalue weighted by molar-refractivity contribution is 5.95. The Balaban J connectivity index is 1.36. The predicted molar refractivity (Wildman–Crippen MR) is 139 cm³/mol. The second-order valence-electron chi connectivity index (χ2n) is 10.4. The van der Waals surface area contributed by atoms with E-state index < -0.39 is 6.09 Å². The molecule has 0 atom stereocenters. The van der Waals surface area contributed by atoms with Gasteiger partial charge in [0.05, 0.1) is 5.69 Å². The third kappa shape index (κ3) is 5.28. The Morgan fingerprint density at radius 1 is 1.05 bits per heavy atom. The van der Waals surface area contributed by atoms with Gasteiger partial charge in [-0.2, -0.15) is 4.52 Å². The Morgan fingerprint density at radius 3 is 2.47 bits per heavy atom. The smallest absolute Gasteiger partial charge is 0.411 e. The molecule has 0 radical (unpaired) electrons. The maximum atomic E-state index is 12.5. The van der Waals surface area contributed by atoms with Crippen LogP contribution in [0.15, 0.2) is 30.3 Å². The van der Waals surface area contributed by atoms with Crippen LogP contribution in [0, 0.1) is 5.92 Å². The van der Waals surface area contributed by atoms with Crippen LogP contribution in [0.5, 0.6) is 5.88 Å². The minimum Gasteiger partial charge on any atom is -0.473 e. The summed E-state index contributed by atoms with van der Waals surface area (Å²) >= 11 is 0. The van der Waals surface area contributed by atoms with Crippen molar-refractivity contribution < 1.29 is 24.2 Å². The summed E-state index contributed by atoms with van der Waals surface area (Å²) in [5, 5.41) is 26.6. The van der Waals surface area contributed by atoms with Crippen LogP contribution in [-0.2, 0) is 4.74 Å². The maximum absolute atomic E-state index is 12.5. The van der Waals surface area contributed by atoms with Gasteiger partial charge in [0.1, 0.15) is 6.10 Å². The summed E-state index contributed by atoms with van der Waals surface area (Å²) in [5.41, 5.74) is 2.01. The van der Waals surface area contributed by atoms with Crippen LogP contribution in [0.3, 0.4) is 0 Å². The first-order chi connectivity index (χ1) is 18.5. The fourth-order valence-electron chi connectivity index (χ4n) is 5.19. The predicted octanol–water partition coefficient (Wildman–Crippen LogP) is 3.92. The van der Waals surface area contributed by atoms with Crippen molar-refractivity contribution in [3.63, 3.8) is 0 Å². The molecule has 1 saturated heterocycles. The summed E-state index contributed by atoms with van der Waals surface area (Å²) in [6, 6.07) is 9.07. The first-order valence-corrected chi connectivity index (χ1v) is 13.5. The standard InChI is InChI=1S/C27H32N6O5/c34-26(28-20-9-10-20)19-7-5-18(6-8-19)24-29-30-25-22(32(27(35)36)16-17-11-13-37-14-12-17)15-23(31-33(24)25)38-21-3-1-2-4-21/h5-8,15,17,20-21H,1-4,9-14,16H2,(H,28,34)(H,35,36). The average Bonchev–Trinajstić information content (AvgIpc) is 3.40. The van der Waals surface area contributed by atoms with E-state index in [1.54, 1.807) is 34.8 Å². The van der Waals surface area contributed by atoms with E-state index in [-0.39, 0.29) is 24.0 Å². The molecule has 2 N–H and O–H groups in total. The Morgan fingerprint density at radius 2 is 1.79 bits per heavy atom. The number of aromatic nitrogens is 4. The highest BCUT2D eigenvalue weighted by Crippen LogP contribution is 2.32. The number of benzene rings is 1. The van der Waals surface area contributed by atoms with Crippen molar-refractivity contribution in [1.82, 2.24) is 25.1 Å². The zero-order chi connectivity index (χ0) is 26.1. The van der Waals surface area contributed by atoms with Gasteiger partial charge in [-0.1, -0.05) is 12.1 Å². The second kappa shape index (κ2) is 10.6. The van der Waals surface area contributed by atoms with Crippen LogP contribution in [0.1, 0.15) is 61.7 Å². The topological polar surface area (TPSA) is 131 Å². The molecule has 2 saturated carbocycles. The van der Waals surface area contributed by atoms with Gasteiger partial charge in [0.25, 0.3) is 5.91 Å². The first-order valence-electron chi connectivity index (χ1n) is 13.5. The van der Waals surface area contributed by atoms with Crippen LogP contribution >= 0.6 is 0 Å². The van der Waals surface area contributed by atoms with Crippen molar-refractivity contribution in [2.24, 2.45) is 5.92 Å². The third-order valence-corrected chi connectivity index (χ3v) is 7.54. The molecule has 200 valence electrons. The number of nitrogens with zero attached hydrogens (tertiary/aromatic N) is 5. The molecule has 1 aromatic carbocycles. The fourth-order valence-corrected chi connectivity index (χ4v) is 5.19. The van der Waals surface area contributed by atoms with Crippen LogP contribution in [0.4, 0.5) is 10.5 Å². The minimum atomic E-state index is -1.06. The molecular formula is C27H32N6O5. The van der Waals surface area contributed by atoms with Crippen molar-refractivity contribution in [3.8, 4) is 17.3 Å². The molecule has 3 aromatic rings. The van der Waals surface area contributed by atoms with E-state index in [1.165, 1.54) is 4.90 Å². The zero-order valence-electron chi connectivity index (χ0n) is 21.2. The molecule has 0 bridgehead atoms. The average molecular weight is 521 g/mol. The fraction of sp³-hybridized carbons (Fsp3) is 0.519. The van der Waals surface area contributed by atoms with Gasteiger partial charge in [0.15, 0.2) is 5.82 Å². The van der Waals surface area contributed by atoms with E-state index in [1.807, 2.05) is 0 Å². The van der Waals surface area contributed by atoms with Gasteiger partial charge in [0.2, 0.25) is 11.5 Å². The number of carbonyl (C=O) groups excluding carboxylic acids is 1. The number of rotatable bonds is 8. The van der Waals surface area contributed by atoms with Gasteiger partial charge in [-0.25, -0.2) is 4.79 Å². The van der Waals surface area contributed by atoms with Crippen molar-refractivity contribution in [1.29, 1.82) is 0 Å². The number of fused-ring (bicyclic) bond motifs is 1. The van der Waals surface area contributed by atoms with Crippen LogP contribution in [0.25, 0.3) is 17.0 Å². The van der Waals surface area contributed by atoms with Gasteiger partial charge in [0, 0.05) is 43.0 Å². The number of amides is 2. The van der Waals surface area contributed by atoms with E-state index in [9.17, 15) is 14.7 Å². The van der Waals surface area contributed by atoms with E-state index in [4.69, 9.17) is 9.47 Å². The second-order valence-corrected chi connectivity index (χ2v) is 10.4. The van der Waals surface area contributed by atoms with Gasteiger partial charge in [-0.3, -0.25) is 9.69 Å². The molecule has 2 aliphatic carbocycles. The van der Waals surface area contributed by atoms with Gasteiger partial charge < -0.3 is 19.9 Å². The summed E-state index contributed by atoms with van der Waals surface area (Å²) < 4.78 is 13.2. The molecule has 3 fully saturated rings. The molecular weight excluding hydrogens is 488 g/mol. The largest absolute Gasteiger partial charge is 0.473 e. The normalized spacial score (nSPS) is 18.5. The molecule has 0 unspecified atom stereocenters. The Labute approximate surface area is 220 Å². The summed E-state index contributed by atoms with van der Waals surface area (Å²) in [7, 11) is 0. The summed E-state index contributed by atoms with van der Waals surface area (Å²) in [6.07, 6.45) is 6.72. The van der Waals surface area contributed by atoms with Gasteiger partial charge in [-0.15, -0.1) is 15.3 Å². The molecule has 1 aliphatic heterocycles. The third-order valence-electron chi connectivity index (χ3n) is 7.54. The van der Waals surface area contributed by atoms with Gasteiger partial charge >= 0.3 is 6.09 Å². The molecule has 3 aliphatic rings. The molecule has 0 spiro atoms. The Kier molecular flexibility index (Phi) is 6.84. The Bertz CT molecular complexity index is 1310. The molecule has 3 heterocycles. The van der Waals surface area contributed by atoms with Crippen molar-refractivity contribution >= 4 is 23.3 Å². The zero-order valence-corrected chi connectivity index (χ0v) is 21.2. The Hall–Kier alpha value is -3.73. The van der Waals surface area contributed by atoms with Crippen LogP contribution < -0.4 is 15.0 Å². The lowest BCUT2D eigenvalue weighted by atomic mass is 9.99. The first kappa shape index (κ1) is 24.6. The molecule has 38 heavy (non-hydrogen) atoms. The van der Waals surface area contributed by atoms with Crippen LogP contribution in [0.2, 0.25) is 0 Å². The quantitative estimate of drug-likeness (QED) is 0.457. The van der Waals surface area contributed by atoms with Crippen molar-refractivity contribution in [2.75, 3.05) is 24.7 Å². The number of carboxylic acid groups (broad SMARTS) is 1. The lowest BCUT2D eigenvalue weighted by molar-refractivity contribution is 0.0680. The highest BCUT2D eigenvalue weighted by Gasteiger charge is 2.28. The number of carbonyl (C=O) groups is 2. The summed E-state index contributed by atoms with van der Waals surface area (Å²) in [5.74, 6) is 0.884. The van der Waals surface area contributed by atoms with Gasteiger partial charge in [-0.05, 0) is 69.4 Å². The summed E-state index contributed by atoms with van der Waals surface area (Å²) in [6.45, 7) is 1.58. The van der Waals surface area contributed by atoms with E-state index in [2.05, 4.69) is 20.6 Å². The summed E-state index contributed by atoms with van der Waals surface area (Å²) in [4.78, 5) is 26.2. The molecule has 11 heteroatoms. The molecule has 11 nitrogen and oxygen atoms in total. The molecule has 2 aromatic heterocycles. The lowest BCUT2D eigenvalue weighted by Gasteiger charge is -2.28. The number of hydrogen-bond acceptors (Lipinski definition) is 7. The van der Waals surface area contributed by atoms with E-state index in [0.717, 1.165) is 51.4 Å². The minimum absolute atomic E-state index is 0.0470. The van der Waals surface area contributed by atoms with E-state index >= 15 is 0 Å². The molecule has 2 amide bonds. The number of anilines is 1. The van der Waals surface area contributed by atoms with Crippen LogP contribution in [-0.4, -0.2) is 68.8 Å². The van der Waals surface area contributed by atoms with Crippen molar-refractivity contribution in [2.45, 2.75) is 63.5 Å². The van der Waals surface area contributed by atoms with E-state index in [0.29, 0.717) is 53.9 Å². The monoisotopic (exact) mass is 520 g/mol. The van der Waals surface area contributed by atoms with Crippen molar-refractivity contribution in [3.05, 3.63) is 35.9 Å². The maximum Gasteiger partial charge on any atom is 0.411 e. The highest BCUT2D eigenvalue weighted by atomic mass is 16.5. The number of hydrogen-bond donors (Lipinski definition) is 2.